The maximum absolute atomic E-state index is 12.9. The molecule has 1 atom stereocenters. The van der Waals surface area contributed by atoms with Crippen molar-refractivity contribution in [1.82, 2.24) is 4.98 Å². The van der Waals surface area contributed by atoms with Crippen LogP contribution in [0.2, 0.25) is 0 Å². The fraction of sp³-hybridized carbons (Fsp3) is 0.231. The van der Waals surface area contributed by atoms with E-state index in [9.17, 15) is 18.0 Å². The van der Waals surface area contributed by atoms with Crippen molar-refractivity contribution in [3.63, 3.8) is 0 Å². The molecule has 0 amide bonds. The first-order chi connectivity index (χ1) is 9.02. The fourth-order valence-corrected chi connectivity index (χ4v) is 1.79. The van der Waals surface area contributed by atoms with Crippen molar-refractivity contribution in [3.05, 3.63) is 42.1 Å². The van der Waals surface area contributed by atoms with Crippen LogP contribution < -0.4 is 0 Å². The second kappa shape index (κ2) is 5.26. The maximum Gasteiger partial charge on any atom is 0.399 e. The number of hydrogen-bond donors (Lipinski definition) is 0. The van der Waals surface area contributed by atoms with Gasteiger partial charge < -0.3 is 4.74 Å². The van der Waals surface area contributed by atoms with Crippen molar-refractivity contribution in [2.24, 2.45) is 0 Å². The minimum absolute atomic E-state index is 0.00716. The standard InChI is InChI=1S/C13H10F3NO2/c14-13(15,16)11(7-19-8-18)10-5-9-3-1-2-4-12(9)17-6-10/h1-6,8,11H,7H2. The average molecular weight is 269 g/mol. The molecule has 0 aliphatic carbocycles. The number of nitrogens with zero attached hydrogens (tertiary/aromatic N) is 1. The van der Waals surface area contributed by atoms with E-state index in [1.165, 1.54) is 6.07 Å². The smallest absolute Gasteiger partial charge is 0.399 e. The molecular weight excluding hydrogens is 259 g/mol. The van der Waals surface area contributed by atoms with Crippen molar-refractivity contribution in [2.75, 3.05) is 6.61 Å². The van der Waals surface area contributed by atoms with E-state index in [1.807, 2.05) is 0 Å². The number of alkyl halides is 3. The van der Waals surface area contributed by atoms with E-state index in [2.05, 4.69) is 9.72 Å². The molecule has 1 aromatic carbocycles. The first-order valence-electron chi connectivity index (χ1n) is 5.49. The van der Waals surface area contributed by atoms with Gasteiger partial charge in [0.15, 0.2) is 0 Å². The summed E-state index contributed by atoms with van der Waals surface area (Å²) in [5, 5.41) is 0.611. The molecule has 100 valence electrons. The van der Waals surface area contributed by atoms with Crippen LogP contribution in [0.5, 0.6) is 0 Å². The molecule has 0 saturated heterocycles. The van der Waals surface area contributed by atoms with Gasteiger partial charge in [0, 0.05) is 11.6 Å². The van der Waals surface area contributed by atoms with Gasteiger partial charge in [-0.3, -0.25) is 9.78 Å². The quantitative estimate of drug-likeness (QED) is 0.801. The van der Waals surface area contributed by atoms with E-state index in [0.29, 0.717) is 10.9 Å². The number of hydrogen-bond acceptors (Lipinski definition) is 3. The van der Waals surface area contributed by atoms with Crippen molar-refractivity contribution in [2.45, 2.75) is 12.1 Å². The molecule has 0 fully saturated rings. The Morgan fingerprint density at radius 1 is 1.32 bits per heavy atom. The molecule has 19 heavy (non-hydrogen) atoms. The number of aromatic nitrogens is 1. The highest BCUT2D eigenvalue weighted by Crippen LogP contribution is 2.35. The second-order valence-electron chi connectivity index (χ2n) is 3.99. The van der Waals surface area contributed by atoms with E-state index in [4.69, 9.17) is 0 Å². The molecule has 3 nitrogen and oxygen atoms in total. The van der Waals surface area contributed by atoms with Gasteiger partial charge in [-0.2, -0.15) is 13.2 Å². The number of carbonyl (C=O) groups excluding carboxylic acids is 1. The number of ether oxygens (including phenoxy) is 1. The number of pyridine rings is 1. The van der Waals surface area contributed by atoms with Crippen LogP contribution in [0.1, 0.15) is 11.5 Å². The summed E-state index contributed by atoms with van der Waals surface area (Å²) in [4.78, 5) is 14.1. The topological polar surface area (TPSA) is 39.2 Å². The van der Waals surface area contributed by atoms with E-state index in [0.717, 1.165) is 6.20 Å². The third-order valence-corrected chi connectivity index (χ3v) is 2.74. The first kappa shape index (κ1) is 13.3. The van der Waals surface area contributed by atoms with Gasteiger partial charge >= 0.3 is 6.18 Å². The van der Waals surface area contributed by atoms with Gasteiger partial charge in [-0.25, -0.2) is 0 Å². The molecule has 6 heteroatoms. The zero-order valence-electron chi connectivity index (χ0n) is 9.72. The molecule has 2 rings (SSSR count). The number of benzene rings is 1. The average Bonchev–Trinajstić information content (AvgIpc) is 2.37. The van der Waals surface area contributed by atoms with Crippen molar-refractivity contribution >= 4 is 17.4 Å². The number of para-hydroxylation sites is 1. The predicted molar refractivity (Wildman–Crippen MR) is 62.6 cm³/mol. The van der Waals surface area contributed by atoms with Gasteiger partial charge in [0.2, 0.25) is 0 Å². The highest BCUT2D eigenvalue weighted by molar-refractivity contribution is 5.78. The second-order valence-corrected chi connectivity index (χ2v) is 3.99. The molecule has 2 aromatic rings. The van der Waals surface area contributed by atoms with Gasteiger partial charge in [-0.1, -0.05) is 18.2 Å². The van der Waals surface area contributed by atoms with Crippen LogP contribution in [0, 0.1) is 0 Å². The lowest BCUT2D eigenvalue weighted by molar-refractivity contribution is -0.164. The molecule has 0 spiro atoms. The molecule has 0 saturated carbocycles. The Kier molecular flexibility index (Phi) is 3.69. The Bertz CT molecular complexity index is 583. The van der Waals surface area contributed by atoms with Crippen LogP contribution in [0.15, 0.2) is 36.5 Å². The van der Waals surface area contributed by atoms with E-state index < -0.39 is 18.7 Å². The fourth-order valence-electron chi connectivity index (χ4n) is 1.79. The first-order valence-corrected chi connectivity index (χ1v) is 5.49. The summed E-state index contributed by atoms with van der Waals surface area (Å²) in [5.74, 6) is -1.87. The summed E-state index contributed by atoms with van der Waals surface area (Å²) in [5.41, 5.74) is 0.594. The molecule has 1 aromatic heterocycles. The van der Waals surface area contributed by atoms with Crippen LogP contribution in [0.25, 0.3) is 10.9 Å². The van der Waals surface area contributed by atoms with Crippen LogP contribution in [-0.4, -0.2) is 24.2 Å². The zero-order chi connectivity index (χ0) is 13.9. The molecule has 1 unspecified atom stereocenters. The Labute approximate surface area is 107 Å². The largest absolute Gasteiger partial charge is 0.467 e. The highest BCUT2D eigenvalue weighted by atomic mass is 19.4. The molecule has 0 radical (unpaired) electrons. The monoisotopic (exact) mass is 269 g/mol. The number of carbonyl (C=O) groups is 1. The van der Waals surface area contributed by atoms with E-state index in [-0.39, 0.29) is 12.0 Å². The molecule has 0 bridgehead atoms. The normalized spacial score (nSPS) is 13.2. The van der Waals surface area contributed by atoms with Crippen LogP contribution in [-0.2, 0) is 9.53 Å². The maximum atomic E-state index is 12.9. The highest BCUT2D eigenvalue weighted by Gasteiger charge is 2.41. The van der Waals surface area contributed by atoms with Crippen molar-refractivity contribution < 1.29 is 22.7 Å². The third-order valence-electron chi connectivity index (χ3n) is 2.74. The van der Waals surface area contributed by atoms with Gasteiger partial charge in [-0.15, -0.1) is 0 Å². The summed E-state index contributed by atoms with van der Waals surface area (Å²) in [7, 11) is 0. The summed E-state index contributed by atoms with van der Waals surface area (Å²) in [6.07, 6.45) is -3.33. The van der Waals surface area contributed by atoms with Gasteiger partial charge in [0.05, 0.1) is 5.52 Å². The molecule has 0 aliphatic heterocycles. The Hall–Kier alpha value is -2.11. The minimum Gasteiger partial charge on any atom is -0.467 e. The van der Waals surface area contributed by atoms with Crippen LogP contribution in [0.4, 0.5) is 13.2 Å². The number of halogens is 3. The van der Waals surface area contributed by atoms with Crippen LogP contribution >= 0.6 is 0 Å². The summed E-state index contributed by atoms with van der Waals surface area (Å²) >= 11 is 0. The SMILES string of the molecule is O=COCC(c1cnc2ccccc2c1)C(F)(F)F. The third kappa shape index (κ3) is 3.01. The Morgan fingerprint density at radius 3 is 2.74 bits per heavy atom. The lowest BCUT2D eigenvalue weighted by atomic mass is 9.99. The predicted octanol–water partition coefficient (Wildman–Crippen LogP) is 3.05. The summed E-state index contributed by atoms with van der Waals surface area (Å²) in [6, 6.07) is 8.28. The Balaban J connectivity index is 2.40. The number of rotatable bonds is 4. The Morgan fingerprint density at radius 2 is 2.05 bits per heavy atom. The minimum atomic E-state index is -4.49. The van der Waals surface area contributed by atoms with Crippen molar-refractivity contribution in [1.29, 1.82) is 0 Å². The van der Waals surface area contributed by atoms with Crippen molar-refractivity contribution in [3.8, 4) is 0 Å². The van der Waals surface area contributed by atoms with E-state index >= 15 is 0 Å². The van der Waals surface area contributed by atoms with Crippen LogP contribution in [0.3, 0.4) is 0 Å². The lowest BCUT2D eigenvalue weighted by Crippen LogP contribution is -2.25. The molecular formula is C13H10F3NO2. The molecule has 1 heterocycles. The lowest BCUT2D eigenvalue weighted by Gasteiger charge is -2.19. The number of fused-ring (bicyclic) bond motifs is 1. The van der Waals surface area contributed by atoms with Gasteiger partial charge in [0.25, 0.3) is 6.47 Å². The van der Waals surface area contributed by atoms with E-state index in [1.54, 1.807) is 24.3 Å². The van der Waals surface area contributed by atoms with Gasteiger partial charge in [0.1, 0.15) is 12.5 Å². The summed E-state index contributed by atoms with van der Waals surface area (Å²) in [6.45, 7) is -0.736. The zero-order valence-corrected chi connectivity index (χ0v) is 9.72. The van der Waals surface area contributed by atoms with Gasteiger partial charge in [-0.05, 0) is 17.7 Å². The molecule has 0 N–H and O–H groups in total. The summed E-state index contributed by atoms with van der Waals surface area (Å²) < 4.78 is 43.0. The molecule has 0 aliphatic rings.